The molecule has 1 heterocycles. The maximum Gasteiger partial charge on any atom is 0.405 e. The average Bonchev–Trinajstić information content (AvgIpc) is 2.64. The smallest absolute Gasteiger partial charge is 0.383 e. The van der Waals surface area contributed by atoms with Crippen LogP contribution in [-0.2, 0) is 9.63 Å². The monoisotopic (exact) mass is 386 g/mol. The van der Waals surface area contributed by atoms with Gasteiger partial charge in [0.25, 0.3) is 5.91 Å². The summed E-state index contributed by atoms with van der Waals surface area (Å²) in [5, 5.41) is 8.37. The first kappa shape index (κ1) is 20.5. The zero-order chi connectivity index (χ0) is 19.9. The molecule has 1 fully saturated rings. The number of anilines is 1. The molecule has 1 saturated heterocycles. The number of piperidine rings is 1. The van der Waals surface area contributed by atoms with E-state index in [0.717, 1.165) is 0 Å². The summed E-state index contributed by atoms with van der Waals surface area (Å²) >= 11 is 0. The molecule has 0 bridgehead atoms. The number of amides is 3. The number of para-hydroxylation sites is 1. The highest BCUT2D eigenvalue weighted by molar-refractivity contribution is 5.92. The molecule has 0 saturated carbocycles. The molecule has 1 aliphatic heterocycles. The Kier molecular flexibility index (Phi) is 7.03. The third kappa shape index (κ3) is 7.16. The Balaban J connectivity index is 1.74. The number of alkyl halides is 3. The van der Waals surface area contributed by atoms with Crippen LogP contribution in [0.3, 0.4) is 0 Å². The fourth-order valence-corrected chi connectivity index (χ4v) is 2.32. The Morgan fingerprint density at radius 1 is 1.22 bits per heavy atom. The molecule has 1 aliphatic rings. The second-order valence-corrected chi connectivity index (χ2v) is 6.02. The Hall–Kier alpha value is -2.78. The van der Waals surface area contributed by atoms with E-state index in [4.69, 9.17) is 4.84 Å². The lowest BCUT2D eigenvalue weighted by atomic mass is 10.1. The summed E-state index contributed by atoms with van der Waals surface area (Å²) in [5.41, 5.74) is 1.35. The number of nitrogens with zero attached hydrogens (tertiary/aromatic N) is 2. The molecule has 1 atom stereocenters. The Bertz CT molecular complexity index is 670. The van der Waals surface area contributed by atoms with Crippen molar-refractivity contribution in [3.8, 4) is 0 Å². The highest BCUT2D eigenvalue weighted by Crippen LogP contribution is 2.13. The van der Waals surface area contributed by atoms with Gasteiger partial charge < -0.3 is 20.4 Å². The van der Waals surface area contributed by atoms with Crippen molar-refractivity contribution < 1.29 is 27.6 Å². The number of hydrogen-bond donors (Lipinski definition) is 2. The number of likely N-dealkylation sites (tertiary alicyclic amines) is 1. The summed E-state index contributed by atoms with van der Waals surface area (Å²) in [4.78, 5) is 30.3. The summed E-state index contributed by atoms with van der Waals surface area (Å²) in [6, 6.07) is 8.84. The van der Waals surface area contributed by atoms with Gasteiger partial charge in [-0.25, -0.2) is 4.79 Å². The maximum absolute atomic E-state index is 12.2. The minimum atomic E-state index is -4.48. The van der Waals surface area contributed by atoms with Crippen LogP contribution in [0.1, 0.15) is 19.8 Å². The number of nitrogens with one attached hydrogen (secondary N) is 2. The maximum atomic E-state index is 12.2. The van der Waals surface area contributed by atoms with E-state index >= 15 is 0 Å². The number of hydrogen-bond acceptors (Lipinski definition) is 4. The van der Waals surface area contributed by atoms with Crippen molar-refractivity contribution >= 4 is 23.3 Å². The Morgan fingerprint density at radius 3 is 2.44 bits per heavy atom. The van der Waals surface area contributed by atoms with Gasteiger partial charge in [0.05, 0.1) is 5.71 Å². The van der Waals surface area contributed by atoms with E-state index < -0.39 is 24.7 Å². The number of urea groups is 1. The van der Waals surface area contributed by atoms with Gasteiger partial charge in [-0.15, -0.1) is 0 Å². The van der Waals surface area contributed by atoms with Crippen LogP contribution >= 0.6 is 0 Å². The van der Waals surface area contributed by atoms with Crippen molar-refractivity contribution in [2.75, 3.05) is 25.0 Å². The fraction of sp³-hybridized carbons (Fsp3) is 0.471. The molecule has 7 nitrogen and oxygen atoms in total. The van der Waals surface area contributed by atoms with Gasteiger partial charge in [-0.2, -0.15) is 13.2 Å². The highest BCUT2D eigenvalue weighted by atomic mass is 19.4. The number of halogens is 3. The summed E-state index contributed by atoms with van der Waals surface area (Å²) in [5.74, 6) is -0.892. The predicted octanol–water partition coefficient (Wildman–Crippen LogP) is 2.75. The third-order valence-corrected chi connectivity index (χ3v) is 3.83. The van der Waals surface area contributed by atoms with E-state index in [1.807, 2.05) is 18.2 Å². The van der Waals surface area contributed by atoms with Crippen LogP contribution in [0.15, 0.2) is 35.5 Å². The van der Waals surface area contributed by atoms with E-state index in [1.165, 1.54) is 6.92 Å². The first-order chi connectivity index (χ1) is 12.7. The lowest BCUT2D eigenvalue weighted by molar-refractivity contribution is -0.145. The Morgan fingerprint density at radius 2 is 1.85 bits per heavy atom. The molecule has 1 aromatic rings. The lowest BCUT2D eigenvalue weighted by Gasteiger charge is -2.27. The zero-order valence-electron chi connectivity index (χ0n) is 14.8. The van der Waals surface area contributed by atoms with Crippen LogP contribution in [-0.4, -0.2) is 54.5 Å². The molecule has 2 N–H and O–H groups in total. The zero-order valence-corrected chi connectivity index (χ0v) is 14.8. The summed E-state index contributed by atoms with van der Waals surface area (Å²) in [7, 11) is 0. The van der Waals surface area contributed by atoms with Crippen molar-refractivity contribution in [1.29, 1.82) is 0 Å². The van der Waals surface area contributed by atoms with Gasteiger partial charge in [0.2, 0.25) is 6.10 Å². The lowest BCUT2D eigenvalue weighted by Crippen LogP contribution is -2.41. The van der Waals surface area contributed by atoms with Gasteiger partial charge in [-0.1, -0.05) is 23.4 Å². The quantitative estimate of drug-likeness (QED) is 0.764. The number of carbonyl (C=O) groups excluding carboxylic acids is 2. The van der Waals surface area contributed by atoms with Gasteiger partial charge in [-0.3, -0.25) is 4.79 Å². The van der Waals surface area contributed by atoms with Crippen LogP contribution in [0.4, 0.5) is 23.7 Å². The summed E-state index contributed by atoms with van der Waals surface area (Å²) in [6.45, 7) is 0.755. The third-order valence-electron chi connectivity index (χ3n) is 3.83. The van der Waals surface area contributed by atoms with Gasteiger partial charge in [0, 0.05) is 31.6 Å². The molecule has 0 aromatic heterocycles. The van der Waals surface area contributed by atoms with E-state index in [-0.39, 0.29) is 6.03 Å². The summed E-state index contributed by atoms with van der Waals surface area (Å²) in [6.07, 6.45) is -4.70. The van der Waals surface area contributed by atoms with E-state index in [0.29, 0.717) is 37.3 Å². The molecule has 148 valence electrons. The predicted molar refractivity (Wildman–Crippen MR) is 93.3 cm³/mol. The van der Waals surface area contributed by atoms with E-state index in [1.54, 1.807) is 22.3 Å². The highest BCUT2D eigenvalue weighted by Gasteiger charge is 2.29. The Labute approximate surface area is 154 Å². The number of rotatable bonds is 5. The molecule has 0 spiro atoms. The van der Waals surface area contributed by atoms with Gasteiger partial charge in [0.1, 0.15) is 6.54 Å². The molecule has 0 aliphatic carbocycles. The first-order valence-electron chi connectivity index (χ1n) is 8.41. The molecule has 27 heavy (non-hydrogen) atoms. The molecule has 0 radical (unpaired) electrons. The van der Waals surface area contributed by atoms with E-state index in [2.05, 4.69) is 10.5 Å². The molecule has 3 amide bonds. The molecule has 10 heteroatoms. The van der Waals surface area contributed by atoms with Gasteiger partial charge in [-0.05, 0) is 19.1 Å². The topological polar surface area (TPSA) is 83.0 Å². The normalized spacial score (nSPS) is 15.7. The fourth-order valence-electron chi connectivity index (χ4n) is 2.32. The van der Waals surface area contributed by atoms with Crippen molar-refractivity contribution in [1.82, 2.24) is 10.2 Å². The largest absolute Gasteiger partial charge is 0.405 e. The molecule has 1 aromatic carbocycles. The minimum absolute atomic E-state index is 0.221. The molecule has 1 unspecified atom stereocenters. The molecular formula is C17H21F3N4O3. The second-order valence-electron chi connectivity index (χ2n) is 6.02. The van der Waals surface area contributed by atoms with Gasteiger partial charge >= 0.3 is 12.2 Å². The average molecular weight is 386 g/mol. The van der Waals surface area contributed by atoms with Crippen LogP contribution < -0.4 is 10.6 Å². The van der Waals surface area contributed by atoms with Crippen molar-refractivity contribution in [3.05, 3.63) is 30.3 Å². The van der Waals surface area contributed by atoms with Crippen LogP contribution in [0, 0.1) is 0 Å². The SMILES string of the molecule is CC(ON=C1CCN(C(=O)Nc2ccccc2)CC1)C(=O)NCC(F)(F)F. The number of oxime groups is 1. The van der Waals surface area contributed by atoms with Crippen molar-refractivity contribution in [2.24, 2.45) is 5.16 Å². The minimum Gasteiger partial charge on any atom is -0.383 e. The number of carbonyl (C=O) groups is 2. The molecular weight excluding hydrogens is 365 g/mol. The van der Waals surface area contributed by atoms with E-state index in [9.17, 15) is 22.8 Å². The van der Waals surface area contributed by atoms with Crippen LogP contribution in [0.5, 0.6) is 0 Å². The van der Waals surface area contributed by atoms with Crippen LogP contribution in [0.2, 0.25) is 0 Å². The van der Waals surface area contributed by atoms with Crippen LogP contribution in [0.25, 0.3) is 0 Å². The number of benzene rings is 1. The second kappa shape index (κ2) is 9.24. The standard InChI is InChI=1S/C17H21F3N4O3/c1-12(15(25)21-11-17(18,19)20)27-23-14-7-9-24(10-8-14)16(26)22-13-5-3-2-4-6-13/h2-6,12H,7-11H2,1H3,(H,21,25)(H,22,26). The molecule has 2 rings (SSSR count). The van der Waals surface area contributed by atoms with Crippen molar-refractivity contribution in [3.63, 3.8) is 0 Å². The van der Waals surface area contributed by atoms with Gasteiger partial charge in [0.15, 0.2) is 0 Å². The van der Waals surface area contributed by atoms with Crippen molar-refractivity contribution in [2.45, 2.75) is 32.0 Å². The first-order valence-corrected chi connectivity index (χ1v) is 8.41. The summed E-state index contributed by atoms with van der Waals surface area (Å²) < 4.78 is 36.2.